The lowest BCUT2D eigenvalue weighted by molar-refractivity contribution is 0.121. The minimum absolute atomic E-state index is 0.191. The van der Waals surface area contributed by atoms with Crippen molar-refractivity contribution in [3.8, 4) is 17.1 Å². The lowest BCUT2D eigenvalue weighted by atomic mass is 9.97. The Morgan fingerprint density at radius 3 is 2.31 bits per heavy atom. The van der Waals surface area contributed by atoms with Crippen LogP contribution in [0.15, 0.2) is 70.5 Å². The van der Waals surface area contributed by atoms with Crippen molar-refractivity contribution in [1.82, 2.24) is 10.1 Å². The first-order valence-corrected chi connectivity index (χ1v) is 10.8. The molecule has 168 valence electrons. The second kappa shape index (κ2) is 9.81. The Hall–Kier alpha value is -3.41. The quantitative estimate of drug-likeness (QED) is 0.232. The van der Waals surface area contributed by atoms with Crippen LogP contribution in [0.25, 0.3) is 11.4 Å². The molecule has 6 nitrogen and oxygen atoms in total. The average molecular weight is 434 g/mol. The second-order valence-electron chi connectivity index (χ2n) is 8.81. The molecule has 1 aromatic heterocycles. The van der Waals surface area contributed by atoms with Crippen molar-refractivity contribution in [2.75, 3.05) is 0 Å². The topological polar surface area (TPSA) is 69.7 Å². The molecule has 0 radical (unpaired) electrons. The van der Waals surface area contributed by atoms with Gasteiger partial charge in [0.15, 0.2) is 11.9 Å². The van der Waals surface area contributed by atoms with E-state index in [1.165, 1.54) is 5.56 Å². The Kier molecular flexibility index (Phi) is 7.13. The lowest BCUT2D eigenvalue weighted by Gasteiger charge is -2.18. The maximum absolute atomic E-state index is 6.07. The maximum Gasteiger partial charge on any atom is 0.232 e. The second-order valence-corrected chi connectivity index (χ2v) is 8.81. The van der Waals surface area contributed by atoms with Gasteiger partial charge in [0.05, 0.1) is 5.71 Å². The fourth-order valence-electron chi connectivity index (χ4n) is 2.90. The van der Waals surface area contributed by atoms with Gasteiger partial charge >= 0.3 is 0 Å². The third kappa shape index (κ3) is 5.84. The van der Waals surface area contributed by atoms with Crippen LogP contribution in [0, 0.1) is 6.92 Å². The highest BCUT2D eigenvalue weighted by Gasteiger charge is 2.22. The molecule has 0 fully saturated rings. The van der Waals surface area contributed by atoms with Crippen LogP contribution in [-0.4, -0.2) is 22.0 Å². The first-order valence-electron chi connectivity index (χ1n) is 10.8. The van der Waals surface area contributed by atoms with E-state index in [9.17, 15) is 0 Å². The zero-order valence-electron chi connectivity index (χ0n) is 19.7. The number of ether oxygens (including phenoxy) is 1. The molecule has 1 heterocycles. The molecule has 3 aromatic rings. The van der Waals surface area contributed by atoms with Gasteiger partial charge in [-0.25, -0.2) is 0 Å². The number of oxime groups is 1. The standard InChI is InChI=1S/C26H31N3O3/c1-8-23(19(4)31-28-18(3)20-11-9-17(2)10-12-20)30-22-15-13-21(14-16-22)24-27-25(32-29-24)26(5,6)7/h9-16,23H,4,8H2,1-3,5-7H3/b28-18+. The summed E-state index contributed by atoms with van der Waals surface area (Å²) in [5.74, 6) is 2.32. The van der Waals surface area contributed by atoms with E-state index in [-0.39, 0.29) is 11.5 Å². The van der Waals surface area contributed by atoms with Gasteiger partial charge in [-0.2, -0.15) is 4.98 Å². The molecule has 0 saturated carbocycles. The summed E-state index contributed by atoms with van der Waals surface area (Å²) in [7, 11) is 0. The van der Waals surface area contributed by atoms with E-state index >= 15 is 0 Å². The number of aromatic nitrogens is 2. The van der Waals surface area contributed by atoms with Crippen LogP contribution < -0.4 is 4.74 Å². The van der Waals surface area contributed by atoms with Crippen molar-refractivity contribution >= 4 is 5.71 Å². The predicted octanol–water partition coefficient (Wildman–Crippen LogP) is 6.45. The Bertz CT molecular complexity index is 1070. The highest BCUT2D eigenvalue weighted by molar-refractivity contribution is 5.98. The normalized spacial score (nSPS) is 13.0. The Morgan fingerprint density at radius 2 is 1.75 bits per heavy atom. The van der Waals surface area contributed by atoms with Gasteiger partial charge in [0.1, 0.15) is 5.75 Å². The molecule has 32 heavy (non-hydrogen) atoms. The van der Waals surface area contributed by atoms with Crippen molar-refractivity contribution in [3.63, 3.8) is 0 Å². The fraction of sp³-hybridized carbons (Fsp3) is 0.346. The first kappa shape index (κ1) is 23.3. The van der Waals surface area contributed by atoms with Crippen LogP contribution in [-0.2, 0) is 10.3 Å². The summed E-state index contributed by atoms with van der Waals surface area (Å²) in [4.78, 5) is 10.1. The van der Waals surface area contributed by atoms with Crippen molar-refractivity contribution in [2.45, 2.75) is 59.5 Å². The largest absolute Gasteiger partial charge is 0.482 e. The van der Waals surface area contributed by atoms with Gasteiger partial charge < -0.3 is 14.1 Å². The van der Waals surface area contributed by atoms with Crippen molar-refractivity contribution < 1.29 is 14.1 Å². The predicted molar refractivity (Wildman–Crippen MR) is 127 cm³/mol. The van der Waals surface area contributed by atoms with Crippen molar-refractivity contribution in [3.05, 3.63) is 77.9 Å². The molecule has 1 unspecified atom stereocenters. The zero-order valence-corrected chi connectivity index (χ0v) is 19.7. The Balaban J connectivity index is 1.63. The van der Waals surface area contributed by atoms with E-state index in [2.05, 4.69) is 28.8 Å². The van der Waals surface area contributed by atoms with Crippen LogP contribution >= 0.6 is 0 Å². The fourth-order valence-corrected chi connectivity index (χ4v) is 2.90. The van der Waals surface area contributed by atoms with E-state index < -0.39 is 0 Å². The van der Waals surface area contributed by atoms with Crippen LogP contribution in [0.2, 0.25) is 0 Å². The molecule has 0 N–H and O–H groups in total. The molecule has 1 atom stereocenters. The third-order valence-corrected chi connectivity index (χ3v) is 4.96. The smallest absolute Gasteiger partial charge is 0.232 e. The van der Waals surface area contributed by atoms with Gasteiger partial charge in [0.25, 0.3) is 0 Å². The van der Waals surface area contributed by atoms with Crippen molar-refractivity contribution in [2.24, 2.45) is 5.16 Å². The van der Waals surface area contributed by atoms with Crippen molar-refractivity contribution in [1.29, 1.82) is 0 Å². The molecular formula is C26H31N3O3. The molecule has 0 aliphatic heterocycles. The summed E-state index contributed by atoms with van der Waals surface area (Å²) in [5, 5.41) is 8.30. The molecule has 0 spiro atoms. The summed E-state index contributed by atoms with van der Waals surface area (Å²) in [5.41, 5.74) is 3.65. The van der Waals surface area contributed by atoms with Gasteiger partial charge in [0.2, 0.25) is 11.7 Å². The summed E-state index contributed by atoms with van der Waals surface area (Å²) in [6.07, 6.45) is 0.368. The molecule has 3 rings (SSSR count). The van der Waals surface area contributed by atoms with Crippen LogP contribution in [0.1, 0.15) is 58.1 Å². The van der Waals surface area contributed by atoms with Gasteiger partial charge in [-0.3, -0.25) is 0 Å². The van der Waals surface area contributed by atoms with E-state index in [1.807, 2.05) is 83.1 Å². The molecule has 0 aliphatic carbocycles. The highest BCUT2D eigenvalue weighted by Crippen LogP contribution is 2.26. The molecule has 2 aromatic carbocycles. The molecule has 0 bridgehead atoms. The Morgan fingerprint density at radius 1 is 1.09 bits per heavy atom. The van der Waals surface area contributed by atoms with Crippen LogP contribution in [0.5, 0.6) is 5.75 Å². The number of aryl methyl sites for hydroxylation is 1. The van der Waals surface area contributed by atoms with E-state index in [1.54, 1.807) is 0 Å². The van der Waals surface area contributed by atoms with E-state index in [0.29, 0.717) is 29.6 Å². The average Bonchev–Trinajstić information content (AvgIpc) is 3.27. The van der Waals surface area contributed by atoms with Gasteiger partial charge in [-0.05, 0) is 50.1 Å². The summed E-state index contributed by atoms with van der Waals surface area (Å²) in [6.45, 7) is 16.1. The molecule has 6 heteroatoms. The van der Waals surface area contributed by atoms with Crippen LogP contribution in [0.3, 0.4) is 0 Å². The first-order chi connectivity index (χ1) is 15.2. The monoisotopic (exact) mass is 433 g/mol. The minimum atomic E-state index is -0.326. The summed E-state index contributed by atoms with van der Waals surface area (Å²) >= 11 is 0. The Labute approximate surface area is 189 Å². The third-order valence-electron chi connectivity index (χ3n) is 4.96. The lowest BCUT2D eigenvalue weighted by Crippen LogP contribution is -2.19. The summed E-state index contributed by atoms with van der Waals surface area (Å²) in [6, 6.07) is 15.7. The highest BCUT2D eigenvalue weighted by atomic mass is 16.6. The molecule has 0 aliphatic rings. The molecular weight excluding hydrogens is 402 g/mol. The number of benzene rings is 2. The maximum atomic E-state index is 6.07. The number of hydrogen-bond acceptors (Lipinski definition) is 6. The van der Waals surface area contributed by atoms with Gasteiger partial charge in [-0.15, -0.1) is 0 Å². The van der Waals surface area contributed by atoms with E-state index in [4.69, 9.17) is 14.1 Å². The van der Waals surface area contributed by atoms with Crippen LogP contribution in [0.4, 0.5) is 0 Å². The van der Waals surface area contributed by atoms with Gasteiger partial charge in [0, 0.05) is 11.0 Å². The minimum Gasteiger partial charge on any atom is -0.482 e. The number of rotatable bonds is 8. The zero-order chi connectivity index (χ0) is 23.3. The van der Waals surface area contributed by atoms with E-state index in [0.717, 1.165) is 16.8 Å². The number of nitrogens with zero attached hydrogens (tertiary/aromatic N) is 3. The SMILES string of the molecule is C=C(O/N=C(\C)c1ccc(C)cc1)C(CC)Oc1ccc(-c2noc(C(C)(C)C)n2)cc1. The number of hydrogen-bond donors (Lipinski definition) is 0. The molecule has 0 saturated heterocycles. The summed E-state index contributed by atoms with van der Waals surface area (Å²) < 4.78 is 11.4. The van der Waals surface area contributed by atoms with Gasteiger partial charge in [-0.1, -0.05) is 74.4 Å². The molecule has 0 amide bonds.